The number of hydrogen-bond donors (Lipinski definition) is 1. The third-order valence-electron chi connectivity index (χ3n) is 6.65. The number of nitrogens with zero attached hydrogens (tertiary/aromatic N) is 2. The molecule has 1 unspecified atom stereocenters. The van der Waals surface area contributed by atoms with Crippen molar-refractivity contribution in [1.82, 2.24) is 15.2 Å². The monoisotopic (exact) mass is 551 g/mol. The number of pyridine rings is 1. The maximum absolute atomic E-state index is 14.0. The van der Waals surface area contributed by atoms with Crippen LogP contribution in [-0.4, -0.2) is 55.5 Å². The molecule has 2 atom stereocenters. The molecule has 5 rings (SSSR count). The summed E-state index contributed by atoms with van der Waals surface area (Å²) in [4.78, 5) is 7.42. The van der Waals surface area contributed by atoms with Crippen LogP contribution in [0.1, 0.15) is 25.7 Å². The zero-order valence-electron chi connectivity index (χ0n) is 19.1. The van der Waals surface area contributed by atoms with Crippen LogP contribution >= 0.6 is 34.5 Å². The van der Waals surface area contributed by atoms with Crippen molar-refractivity contribution in [2.24, 2.45) is 0 Å². The fourth-order valence-corrected chi connectivity index (χ4v) is 8.58. The molecule has 2 saturated heterocycles. The molecule has 0 spiro atoms. The van der Waals surface area contributed by atoms with E-state index in [2.05, 4.69) is 15.2 Å². The normalized spacial score (nSPS) is 22.2. The lowest BCUT2D eigenvalue weighted by molar-refractivity contribution is 0.0488. The first kappa shape index (κ1) is 25.0. The van der Waals surface area contributed by atoms with Gasteiger partial charge in [-0.2, -0.15) is 0 Å². The first-order valence-electron chi connectivity index (χ1n) is 11.7. The molecule has 0 saturated carbocycles. The van der Waals surface area contributed by atoms with Gasteiger partial charge in [-0.25, -0.2) is 8.42 Å². The number of thiophene rings is 1. The fraction of sp³-hybridized carbons (Fsp3) is 0.400. The number of hydrogen-bond acceptors (Lipinski definition) is 7. The highest BCUT2D eigenvalue weighted by molar-refractivity contribution is 7.94. The lowest BCUT2D eigenvalue weighted by Gasteiger charge is -2.44. The number of halogens is 2. The highest BCUT2D eigenvalue weighted by atomic mass is 35.5. The van der Waals surface area contributed by atoms with Crippen LogP contribution in [0.5, 0.6) is 5.75 Å². The molecule has 186 valence electrons. The van der Waals surface area contributed by atoms with E-state index in [4.69, 9.17) is 27.9 Å². The molecule has 4 heterocycles. The van der Waals surface area contributed by atoms with Gasteiger partial charge in [-0.05, 0) is 68.8 Å². The molecule has 0 radical (unpaired) electrons. The van der Waals surface area contributed by atoms with E-state index in [9.17, 15) is 8.42 Å². The summed E-state index contributed by atoms with van der Waals surface area (Å²) in [7, 11) is -3.62. The number of nitrogens with one attached hydrogen (secondary N) is 1. The Morgan fingerprint density at radius 3 is 2.60 bits per heavy atom. The fourth-order valence-electron chi connectivity index (χ4n) is 4.88. The zero-order chi connectivity index (χ0) is 24.4. The van der Waals surface area contributed by atoms with Crippen LogP contribution in [0.25, 0.3) is 10.6 Å². The minimum absolute atomic E-state index is 0.233. The minimum Gasteiger partial charge on any atom is -0.490 e. The van der Waals surface area contributed by atoms with E-state index in [1.54, 1.807) is 30.5 Å². The molecule has 0 bridgehead atoms. The predicted octanol–water partition coefficient (Wildman–Crippen LogP) is 5.51. The van der Waals surface area contributed by atoms with E-state index in [0.717, 1.165) is 42.9 Å². The summed E-state index contributed by atoms with van der Waals surface area (Å²) in [5, 5.41) is 3.61. The second kappa shape index (κ2) is 10.7. The Morgan fingerprint density at radius 2 is 1.86 bits per heavy atom. The highest BCUT2D eigenvalue weighted by Crippen LogP contribution is 2.37. The van der Waals surface area contributed by atoms with Crippen molar-refractivity contribution in [3.05, 3.63) is 64.8 Å². The standard InChI is InChI=1S/C25H27Cl2N3O3S2/c26-20-5-4-18(15-21(20)27)33-19-10-14-30(17-8-12-28-13-9-17)24(16-19)35(31,32)25-7-6-23(34-25)22-3-1-2-11-29-22/h1-7,11,15,17,19,24,28H,8-10,12-14,16H2/t19?,24-/m1/s1. The van der Waals surface area contributed by atoms with Crippen LogP contribution in [0.2, 0.25) is 10.0 Å². The second-order valence-electron chi connectivity index (χ2n) is 8.89. The topological polar surface area (TPSA) is 71.5 Å². The van der Waals surface area contributed by atoms with Crippen LogP contribution in [-0.2, 0) is 9.84 Å². The SMILES string of the molecule is O=S(=O)(c1ccc(-c2ccccn2)s1)[C@@H]1CC(Oc2ccc(Cl)c(Cl)c2)CCN1C1CCNCC1. The largest absolute Gasteiger partial charge is 0.490 e. The Morgan fingerprint density at radius 1 is 1.03 bits per heavy atom. The van der Waals surface area contributed by atoms with Gasteiger partial charge in [0, 0.05) is 31.3 Å². The van der Waals surface area contributed by atoms with Gasteiger partial charge in [-0.15, -0.1) is 11.3 Å². The van der Waals surface area contributed by atoms with Gasteiger partial charge in [0.15, 0.2) is 0 Å². The number of aromatic nitrogens is 1. The molecule has 2 aliphatic heterocycles. The van der Waals surface area contributed by atoms with Crippen molar-refractivity contribution in [3.63, 3.8) is 0 Å². The molecule has 2 aromatic heterocycles. The molecule has 0 amide bonds. The lowest BCUT2D eigenvalue weighted by atomic mass is 9.99. The molecular weight excluding hydrogens is 525 g/mol. The molecule has 35 heavy (non-hydrogen) atoms. The summed E-state index contributed by atoms with van der Waals surface area (Å²) >= 11 is 13.5. The Labute approximate surface area is 220 Å². The van der Waals surface area contributed by atoms with Gasteiger partial charge in [0.05, 0.1) is 20.6 Å². The van der Waals surface area contributed by atoms with Crippen LogP contribution in [0.15, 0.2) is 58.9 Å². The smallest absolute Gasteiger partial charge is 0.203 e. The zero-order valence-corrected chi connectivity index (χ0v) is 22.2. The van der Waals surface area contributed by atoms with Crippen molar-refractivity contribution in [2.75, 3.05) is 19.6 Å². The maximum atomic E-state index is 14.0. The third kappa shape index (κ3) is 5.53. The number of rotatable bonds is 6. The van der Waals surface area contributed by atoms with Gasteiger partial charge >= 0.3 is 0 Å². The second-order valence-corrected chi connectivity index (χ2v) is 13.1. The van der Waals surface area contributed by atoms with E-state index in [1.165, 1.54) is 11.3 Å². The lowest BCUT2D eigenvalue weighted by Crippen LogP contribution is -2.55. The van der Waals surface area contributed by atoms with Gasteiger partial charge < -0.3 is 10.1 Å². The van der Waals surface area contributed by atoms with E-state index in [-0.39, 0.29) is 12.1 Å². The van der Waals surface area contributed by atoms with Crippen LogP contribution < -0.4 is 10.1 Å². The van der Waals surface area contributed by atoms with Crippen LogP contribution in [0.3, 0.4) is 0 Å². The molecule has 3 aromatic rings. The quantitative estimate of drug-likeness (QED) is 0.435. The summed E-state index contributed by atoms with van der Waals surface area (Å²) in [6.45, 7) is 2.47. The Hall–Kier alpha value is -1.68. The van der Waals surface area contributed by atoms with E-state index >= 15 is 0 Å². The predicted molar refractivity (Wildman–Crippen MR) is 141 cm³/mol. The van der Waals surface area contributed by atoms with E-state index in [1.807, 2.05) is 24.3 Å². The summed E-state index contributed by atoms with van der Waals surface area (Å²) in [6.07, 6.45) is 4.50. The molecule has 2 aliphatic rings. The van der Waals surface area contributed by atoms with Gasteiger partial charge in [0.25, 0.3) is 0 Å². The number of benzene rings is 1. The van der Waals surface area contributed by atoms with Crippen LogP contribution in [0.4, 0.5) is 0 Å². The summed E-state index contributed by atoms with van der Waals surface area (Å²) in [5.41, 5.74) is 0.777. The van der Waals surface area contributed by atoms with Crippen molar-refractivity contribution < 1.29 is 13.2 Å². The van der Waals surface area contributed by atoms with Crippen molar-refractivity contribution in [2.45, 2.75) is 47.4 Å². The van der Waals surface area contributed by atoms with E-state index in [0.29, 0.717) is 33.0 Å². The molecule has 1 aromatic carbocycles. The average molecular weight is 553 g/mol. The van der Waals surface area contributed by atoms with Crippen molar-refractivity contribution >= 4 is 44.4 Å². The van der Waals surface area contributed by atoms with Crippen molar-refractivity contribution in [1.29, 1.82) is 0 Å². The number of ether oxygens (including phenoxy) is 1. The Kier molecular flexibility index (Phi) is 7.67. The highest BCUT2D eigenvalue weighted by Gasteiger charge is 2.43. The van der Waals surface area contributed by atoms with Gasteiger partial charge in [-0.1, -0.05) is 29.3 Å². The Balaban J connectivity index is 1.42. The maximum Gasteiger partial charge on any atom is 0.203 e. The average Bonchev–Trinajstić information content (AvgIpc) is 3.39. The summed E-state index contributed by atoms with van der Waals surface area (Å²) in [5.74, 6) is 0.601. The Bertz CT molecular complexity index is 1260. The van der Waals surface area contributed by atoms with E-state index < -0.39 is 15.2 Å². The molecule has 6 nitrogen and oxygen atoms in total. The molecule has 0 aliphatic carbocycles. The van der Waals surface area contributed by atoms with Crippen LogP contribution in [0, 0.1) is 0 Å². The van der Waals surface area contributed by atoms with Gasteiger partial charge in [0.2, 0.25) is 9.84 Å². The number of likely N-dealkylation sites (tertiary alicyclic amines) is 1. The molecule has 10 heteroatoms. The molecular formula is C25H27Cl2N3O3S2. The summed E-state index contributed by atoms with van der Waals surface area (Å²) in [6, 6.07) is 14.6. The summed E-state index contributed by atoms with van der Waals surface area (Å²) < 4.78 is 34.6. The van der Waals surface area contributed by atoms with Gasteiger partial charge in [-0.3, -0.25) is 9.88 Å². The first-order valence-corrected chi connectivity index (χ1v) is 14.9. The van der Waals surface area contributed by atoms with Gasteiger partial charge in [0.1, 0.15) is 21.4 Å². The molecule has 1 N–H and O–H groups in total. The third-order valence-corrected chi connectivity index (χ3v) is 11.1. The molecule has 2 fully saturated rings. The number of sulfone groups is 1. The van der Waals surface area contributed by atoms with Crippen molar-refractivity contribution in [3.8, 4) is 16.3 Å². The minimum atomic E-state index is -3.62. The number of piperidine rings is 2. The first-order chi connectivity index (χ1) is 16.9.